The molecule has 0 spiro atoms. The highest BCUT2D eigenvalue weighted by Crippen LogP contribution is 2.19. The van der Waals surface area contributed by atoms with E-state index in [-0.39, 0.29) is 5.69 Å². The van der Waals surface area contributed by atoms with E-state index in [1.54, 1.807) is 25.1 Å². The highest BCUT2D eigenvalue weighted by molar-refractivity contribution is 5.41. The zero-order chi connectivity index (χ0) is 10.8. The molecule has 1 aromatic carbocycles. The van der Waals surface area contributed by atoms with Gasteiger partial charge in [-0.1, -0.05) is 18.2 Å². The summed E-state index contributed by atoms with van der Waals surface area (Å²) in [4.78, 5) is 11.4. The Morgan fingerprint density at radius 2 is 2.20 bits per heavy atom. The number of hydrogen-bond acceptors (Lipinski definition) is 3. The van der Waals surface area contributed by atoms with Crippen molar-refractivity contribution in [3.63, 3.8) is 0 Å². The maximum atomic E-state index is 11.4. The van der Waals surface area contributed by atoms with Crippen LogP contribution in [0.2, 0.25) is 0 Å². The van der Waals surface area contributed by atoms with Gasteiger partial charge >= 0.3 is 5.69 Å². The first kappa shape index (κ1) is 9.67. The number of nitrogens with one attached hydrogen (secondary N) is 1. The average Bonchev–Trinajstić information content (AvgIpc) is 2.64. The summed E-state index contributed by atoms with van der Waals surface area (Å²) in [5, 5.41) is 15.5. The van der Waals surface area contributed by atoms with Gasteiger partial charge in [0.05, 0.1) is 11.8 Å². The Balaban J connectivity index is 2.63. The van der Waals surface area contributed by atoms with Crippen LogP contribution in [0, 0.1) is 0 Å². The van der Waals surface area contributed by atoms with Crippen LogP contribution in [0.25, 0.3) is 5.69 Å². The number of H-pyrrole nitrogens is 1. The van der Waals surface area contributed by atoms with Gasteiger partial charge in [0, 0.05) is 5.56 Å². The molecule has 1 aromatic heterocycles. The molecule has 0 amide bonds. The van der Waals surface area contributed by atoms with Crippen molar-refractivity contribution >= 4 is 0 Å². The van der Waals surface area contributed by atoms with Crippen LogP contribution < -0.4 is 5.69 Å². The summed E-state index contributed by atoms with van der Waals surface area (Å²) in [7, 11) is 0. The van der Waals surface area contributed by atoms with E-state index in [1.807, 2.05) is 6.07 Å². The predicted molar refractivity (Wildman–Crippen MR) is 54.8 cm³/mol. The second kappa shape index (κ2) is 3.70. The van der Waals surface area contributed by atoms with Crippen molar-refractivity contribution in [1.82, 2.24) is 14.8 Å². The van der Waals surface area contributed by atoms with Crippen LogP contribution in [0.4, 0.5) is 0 Å². The molecule has 0 aliphatic heterocycles. The number of para-hydroxylation sites is 1. The minimum Gasteiger partial charge on any atom is -0.389 e. The van der Waals surface area contributed by atoms with Crippen molar-refractivity contribution < 1.29 is 5.11 Å². The molecule has 1 heterocycles. The van der Waals surface area contributed by atoms with Gasteiger partial charge in [0.1, 0.15) is 6.33 Å². The summed E-state index contributed by atoms with van der Waals surface area (Å²) < 4.78 is 1.36. The van der Waals surface area contributed by atoms with Crippen LogP contribution in [0.3, 0.4) is 0 Å². The normalized spacial score (nSPS) is 12.7. The Labute approximate surface area is 86.0 Å². The topological polar surface area (TPSA) is 70.9 Å². The number of benzene rings is 1. The summed E-state index contributed by atoms with van der Waals surface area (Å²) in [5.41, 5.74) is 1.02. The minimum atomic E-state index is -0.622. The fraction of sp³-hybridized carbons (Fsp3) is 0.200. The number of aliphatic hydroxyl groups excluding tert-OH is 1. The zero-order valence-corrected chi connectivity index (χ0v) is 8.21. The van der Waals surface area contributed by atoms with Crippen LogP contribution in [-0.4, -0.2) is 19.9 Å². The molecule has 0 saturated carbocycles. The van der Waals surface area contributed by atoms with Gasteiger partial charge in [-0.25, -0.2) is 14.5 Å². The lowest BCUT2D eigenvalue weighted by atomic mass is 10.1. The maximum Gasteiger partial charge on any atom is 0.347 e. The number of aromatic nitrogens is 3. The van der Waals surface area contributed by atoms with Gasteiger partial charge in [-0.3, -0.25) is 0 Å². The molecule has 0 aliphatic rings. The van der Waals surface area contributed by atoms with Crippen LogP contribution in [0.15, 0.2) is 35.4 Å². The maximum absolute atomic E-state index is 11.4. The molecule has 5 heteroatoms. The molecule has 1 atom stereocenters. The van der Waals surface area contributed by atoms with E-state index in [4.69, 9.17) is 0 Å². The molecule has 15 heavy (non-hydrogen) atoms. The molecule has 0 radical (unpaired) electrons. The van der Waals surface area contributed by atoms with Gasteiger partial charge in [-0.15, -0.1) is 0 Å². The summed E-state index contributed by atoms with van der Waals surface area (Å²) in [6, 6.07) is 7.16. The Morgan fingerprint density at radius 1 is 1.47 bits per heavy atom. The minimum absolute atomic E-state index is 0.317. The van der Waals surface area contributed by atoms with Crippen molar-refractivity contribution in [2.45, 2.75) is 13.0 Å². The molecule has 1 unspecified atom stereocenters. The highest BCUT2D eigenvalue weighted by atomic mass is 16.3. The van der Waals surface area contributed by atoms with Crippen LogP contribution in [0.5, 0.6) is 0 Å². The van der Waals surface area contributed by atoms with E-state index in [9.17, 15) is 9.90 Å². The number of aliphatic hydroxyl groups is 1. The molecule has 5 nitrogen and oxygen atoms in total. The average molecular weight is 205 g/mol. The van der Waals surface area contributed by atoms with Gasteiger partial charge in [0.2, 0.25) is 0 Å². The van der Waals surface area contributed by atoms with Crippen LogP contribution >= 0.6 is 0 Å². The molecule has 0 bridgehead atoms. The van der Waals surface area contributed by atoms with E-state index in [0.29, 0.717) is 11.3 Å². The predicted octanol–water partition coefficient (Wildman–Crippen LogP) is 0.614. The summed E-state index contributed by atoms with van der Waals surface area (Å²) in [6.45, 7) is 1.66. The number of hydrogen-bond donors (Lipinski definition) is 2. The third-order valence-electron chi connectivity index (χ3n) is 2.20. The Morgan fingerprint density at radius 3 is 2.80 bits per heavy atom. The first-order chi connectivity index (χ1) is 7.20. The number of rotatable bonds is 2. The summed E-state index contributed by atoms with van der Waals surface area (Å²) >= 11 is 0. The van der Waals surface area contributed by atoms with E-state index in [0.717, 1.165) is 0 Å². The summed E-state index contributed by atoms with van der Waals surface area (Å²) in [6.07, 6.45) is 0.770. The van der Waals surface area contributed by atoms with Crippen LogP contribution in [-0.2, 0) is 0 Å². The Hall–Kier alpha value is -1.88. The van der Waals surface area contributed by atoms with Crippen molar-refractivity contribution in [2.75, 3.05) is 0 Å². The third kappa shape index (κ3) is 1.69. The quantitative estimate of drug-likeness (QED) is 0.754. The molecule has 2 rings (SSSR count). The third-order valence-corrected chi connectivity index (χ3v) is 2.20. The molecule has 2 N–H and O–H groups in total. The molecule has 0 fully saturated rings. The summed E-state index contributed by atoms with van der Waals surface area (Å²) in [5.74, 6) is 0. The van der Waals surface area contributed by atoms with E-state index in [1.165, 1.54) is 10.9 Å². The Kier molecular flexibility index (Phi) is 2.39. The SMILES string of the molecule is CC(O)c1ccccc1-n1cn[nH]c1=O. The van der Waals surface area contributed by atoms with E-state index in [2.05, 4.69) is 10.2 Å². The number of nitrogens with zero attached hydrogens (tertiary/aromatic N) is 2. The molecule has 78 valence electrons. The molecular weight excluding hydrogens is 194 g/mol. The first-order valence-corrected chi connectivity index (χ1v) is 4.59. The van der Waals surface area contributed by atoms with Gasteiger partial charge < -0.3 is 5.11 Å². The second-order valence-corrected chi connectivity index (χ2v) is 3.27. The lowest BCUT2D eigenvalue weighted by Gasteiger charge is -2.10. The van der Waals surface area contributed by atoms with Gasteiger partial charge in [0.25, 0.3) is 0 Å². The fourth-order valence-electron chi connectivity index (χ4n) is 1.48. The van der Waals surface area contributed by atoms with Crippen molar-refractivity contribution in [3.8, 4) is 5.69 Å². The van der Waals surface area contributed by atoms with E-state index >= 15 is 0 Å². The largest absolute Gasteiger partial charge is 0.389 e. The smallest absolute Gasteiger partial charge is 0.347 e. The lowest BCUT2D eigenvalue weighted by Crippen LogP contribution is -2.16. The molecule has 2 aromatic rings. The monoisotopic (exact) mass is 205 g/mol. The molecule has 0 saturated heterocycles. The van der Waals surface area contributed by atoms with Gasteiger partial charge in [-0.05, 0) is 13.0 Å². The van der Waals surface area contributed by atoms with E-state index < -0.39 is 6.10 Å². The van der Waals surface area contributed by atoms with Gasteiger partial charge in [0.15, 0.2) is 0 Å². The standard InChI is InChI=1S/C10H11N3O2/c1-7(14)8-4-2-3-5-9(8)13-6-11-12-10(13)15/h2-7,14H,1H3,(H,12,15). The van der Waals surface area contributed by atoms with Gasteiger partial charge in [-0.2, -0.15) is 5.10 Å². The van der Waals surface area contributed by atoms with Crippen molar-refractivity contribution in [3.05, 3.63) is 46.6 Å². The number of aromatic amines is 1. The fourth-order valence-corrected chi connectivity index (χ4v) is 1.48. The lowest BCUT2D eigenvalue weighted by molar-refractivity contribution is 0.199. The second-order valence-electron chi connectivity index (χ2n) is 3.27. The molecular formula is C10H11N3O2. The molecule has 0 aliphatic carbocycles. The highest BCUT2D eigenvalue weighted by Gasteiger charge is 2.10. The Bertz CT molecular complexity index is 513. The van der Waals surface area contributed by atoms with Crippen molar-refractivity contribution in [1.29, 1.82) is 0 Å². The van der Waals surface area contributed by atoms with Crippen LogP contribution in [0.1, 0.15) is 18.6 Å². The first-order valence-electron chi connectivity index (χ1n) is 4.59. The zero-order valence-electron chi connectivity index (χ0n) is 8.21. The van der Waals surface area contributed by atoms with Crippen molar-refractivity contribution in [2.24, 2.45) is 0 Å².